The fourth-order valence-corrected chi connectivity index (χ4v) is 6.61. The second-order valence-electron chi connectivity index (χ2n) is 11.0. The van der Waals surface area contributed by atoms with Crippen molar-refractivity contribution in [2.75, 3.05) is 6.61 Å². The summed E-state index contributed by atoms with van der Waals surface area (Å²) in [5.41, 5.74) is 7.38. The van der Waals surface area contributed by atoms with Gasteiger partial charge in [-0.05, 0) is 63.4 Å². The highest BCUT2D eigenvalue weighted by Crippen LogP contribution is 2.73. The Balaban J connectivity index is 1.24. The van der Waals surface area contributed by atoms with Crippen molar-refractivity contribution in [3.63, 3.8) is 0 Å². The summed E-state index contributed by atoms with van der Waals surface area (Å²) in [5.74, 6) is 0.386. The van der Waals surface area contributed by atoms with E-state index in [4.69, 9.17) is 19.7 Å². The SMILES string of the molecule is Cc1cnc2c(C34CC(C)(C3)C4)nc([C@H]3CCOC(c4cnn(C5CC5)c4)C3)cc2n1. The molecule has 6 heteroatoms. The first kappa shape index (κ1) is 18.3. The Morgan fingerprint density at radius 3 is 2.71 bits per heavy atom. The van der Waals surface area contributed by atoms with Crippen LogP contribution in [0.25, 0.3) is 11.0 Å². The quantitative estimate of drug-likeness (QED) is 0.604. The molecule has 1 aliphatic heterocycles. The lowest BCUT2D eigenvalue weighted by molar-refractivity contribution is -0.127. The molecule has 0 radical (unpaired) electrons. The third-order valence-electron chi connectivity index (χ3n) is 8.08. The third kappa shape index (κ3) is 2.80. The van der Waals surface area contributed by atoms with E-state index in [1.165, 1.54) is 49.1 Å². The van der Waals surface area contributed by atoms with E-state index in [1.54, 1.807) is 0 Å². The van der Waals surface area contributed by atoms with E-state index in [2.05, 4.69) is 29.0 Å². The molecule has 2 atom stereocenters. The van der Waals surface area contributed by atoms with E-state index >= 15 is 0 Å². The topological polar surface area (TPSA) is 65.7 Å². The van der Waals surface area contributed by atoms with Crippen LogP contribution in [-0.4, -0.2) is 31.3 Å². The second-order valence-corrected chi connectivity index (χ2v) is 11.0. The van der Waals surface area contributed by atoms with Gasteiger partial charge in [0.1, 0.15) is 5.52 Å². The normalized spacial score (nSPS) is 34.4. The van der Waals surface area contributed by atoms with E-state index in [9.17, 15) is 0 Å². The van der Waals surface area contributed by atoms with Crippen molar-refractivity contribution in [3.8, 4) is 0 Å². The number of nitrogens with zero attached hydrogens (tertiary/aromatic N) is 5. The molecule has 3 aromatic rings. The molecule has 3 aromatic heterocycles. The molecule has 0 amide bonds. The van der Waals surface area contributed by atoms with Gasteiger partial charge in [-0.1, -0.05) is 6.92 Å². The summed E-state index contributed by atoms with van der Waals surface area (Å²) in [6.45, 7) is 5.19. The van der Waals surface area contributed by atoms with Gasteiger partial charge in [0, 0.05) is 41.6 Å². The van der Waals surface area contributed by atoms with Crippen molar-refractivity contribution < 1.29 is 4.74 Å². The van der Waals surface area contributed by atoms with Gasteiger partial charge in [0.2, 0.25) is 0 Å². The average Bonchev–Trinajstić information content (AvgIpc) is 3.46. The summed E-state index contributed by atoms with van der Waals surface area (Å²) >= 11 is 0. The van der Waals surface area contributed by atoms with Gasteiger partial charge in [0.25, 0.3) is 0 Å². The summed E-state index contributed by atoms with van der Waals surface area (Å²) in [4.78, 5) is 15.0. The summed E-state index contributed by atoms with van der Waals surface area (Å²) in [7, 11) is 0. The minimum atomic E-state index is 0.102. The van der Waals surface area contributed by atoms with Crippen LogP contribution in [0, 0.1) is 12.3 Å². The van der Waals surface area contributed by atoms with E-state index in [-0.39, 0.29) is 11.5 Å². The van der Waals surface area contributed by atoms with Crippen molar-refractivity contribution in [1.82, 2.24) is 24.7 Å². The highest BCUT2D eigenvalue weighted by atomic mass is 16.5. The molecule has 1 unspecified atom stereocenters. The number of ether oxygens (including phenoxy) is 1. The maximum absolute atomic E-state index is 6.18. The Morgan fingerprint density at radius 2 is 1.94 bits per heavy atom. The molecular weight excluding hydrogens is 386 g/mol. The average molecular weight is 416 g/mol. The molecule has 4 saturated carbocycles. The molecular formula is C25H29N5O. The summed E-state index contributed by atoms with van der Waals surface area (Å²) in [5, 5.41) is 4.58. The maximum Gasteiger partial charge on any atom is 0.111 e. The van der Waals surface area contributed by atoms with Gasteiger partial charge in [-0.25, -0.2) is 4.98 Å². The van der Waals surface area contributed by atoms with E-state index in [0.29, 0.717) is 17.4 Å². The molecule has 160 valence electrons. The zero-order valence-corrected chi connectivity index (χ0v) is 18.3. The molecule has 6 nitrogen and oxygen atoms in total. The molecule has 0 spiro atoms. The largest absolute Gasteiger partial charge is 0.373 e. The zero-order valence-electron chi connectivity index (χ0n) is 18.3. The number of fused-ring (bicyclic) bond motifs is 1. The molecule has 5 aliphatic rings. The number of hydrogen-bond donors (Lipinski definition) is 0. The summed E-state index contributed by atoms with van der Waals surface area (Å²) < 4.78 is 8.30. The van der Waals surface area contributed by atoms with Crippen LogP contribution in [-0.2, 0) is 10.2 Å². The zero-order chi connectivity index (χ0) is 20.8. The van der Waals surface area contributed by atoms with E-state index in [0.717, 1.165) is 36.2 Å². The van der Waals surface area contributed by atoms with Crippen LogP contribution in [0.5, 0.6) is 0 Å². The predicted octanol–water partition coefficient (Wildman–Crippen LogP) is 4.94. The lowest BCUT2D eigenvalue weighted by Crippen LogP contribution is -2.63. The Bertz CT molecular complexity index is 1180. The highest BCUT2D eigenvalue weighted by molar-refractivity contribution is 5.79. The van der Waals surface area contributed by atoms with Gasteiger partial charge in [-0.15, -0.1) is 0 Å². The van der Waals surface area contributed by atoms with Crippen molar-refractivity contribution >= 4 is 11.0 Å². The Morgan fingerprint density at radius 1 is 1.10 bits per heavy atom. The standard InChI is InChI=1S/C25H29N5O/c1-15-9-26-22-20(28-15)8-19(29-23(22)25-12-24(2,13-25)14-25)16-5-6-31-21(7-16)17-10-27-30(11-17)18-3-4-18/h8-11,16,18,21H,3-7,12-14H2,1-2H3/t16-,21?,24?,25?/m0/s1. The minimum absolute atomic E-state index is 0.102. The predicted molar refractivity (Wildman–Crippen MR) is 117 cm³/mol. The Hall–Kier alpha value is -2.34. The van der Waals surface area contributed by atoms with E-state index in [1.807, 2.05) is 19.3 Å². The van der Waals surface area contributed by atoms with Crippen LogP contribution in [0.1, 0.15) is 92.6 Å². The number of hydrogen-bond acceptors (Lipinski definition) is 5. The molecule has 0 aromatic carbocycles. The van der Waals surface area contributed by atoms with Crippen LogP contribution in [0.15, 0.2) is 24.7 Å². The smallest absolute Gasteiger partial charge is 0.111 e. The fraction of sp³-hybridized carbons (Fsp3) is 0.600. The summed E-state index contributed by atoms with van der Waals surface area (Å²) in [6.07, 6.45) is 14.4. The number of aryl methyl sites for hydroxylation is 1. The number of pyridine rings is 1. The fourth-order valence-electron chi connectivity index (χ4n) is 6.61. The van der Waals surface area contributed by atoms with E-state index < -0.39 is 0 Å². The molecule has 4 heterocycles. The molecule has 8 rings (SSSR count). The van der Waals surface area contributed by atoms with Crippen molar-refractivity contribution in [1.29, 1.82) is 0 Å². The van der Waals surface area contributed by atoms with Gasteiger partial charge in [-0.3, -0.25) is 14.6 Å². The van der Waals surface area contributed by atoms with Crippen molar-refractivity contribution in [2.45, 2.75) is 82.3 Å². The van der Waals surface area contributed by atoms with Crippen molar-refractivity contribution in [3.05, 3.63) is 47.3 Å². The monoisotopic (exact) mass is 415 g/mol. The van der Waals surface area contributed by atoms with Crippen LogP contribution >= 0.6 is 0 Å². The molecule has 1 saturated heterocycles. The first-order chi connectivity index (χ1) is 15.0. The van der Waals surface area contributed by atoms with Crippen LogP contribution in [0.3, 0.4) is 0 Å². The minimum Gasteiger partial charge on any atom is -0.373 e. The molecule has 31 heavy (non-hydrogen) atoms. The van der Waals surface area contributed by atoms with Gasteiger partial charge >= 0.3 is 0 Å². The Labute approximate surface area is 182 Å². The second kappa shape index (κ2) is 6.12. The highest BCUT2D eigenvalue weighted by Gasteiger charge is 2.67. The number of rotatable bonds is 4. The maximum atomic E-state index is 6.18. The number of aromatic nitrogens is 5. The van der Waals surface area contributed by atoms with Crippen LogP contribution < -0.4 is 0 Å². The van der Waals surface area contributed by atoms with Gasteiger partial charge in [0.05, 0.1) is 35.2 Å². The lowest BCUT2D eigenvalue weighted by Gasteiger charge is -2.69. The molecule has 2 bridgehead atoms. The van der Waals surface area contributed by atoms with Crippen molar-refractivity contribution in [2.24, 2.45) is 5.41 Å². The Kier molecular flexibility index (Phi) is 3.61. The molecule has 5 fully saturated rings. The van der Waals surface area contributed by atoms with Gasteiger partial charge < -0.3 is 4.74 Å². The summed E-state index contributed by atoms with van der Waals surface area (Å²) in [6, 6.07) is 2.81. The van der Waals surface area contributed by atoms with Gasteiger partial charge in [-0.2, -0.15) is 5.10 Å². The van der Waals surface area contributed by atoms with Crippen LogP contribution in [0.2, 0.25) is 0 Å². The molecule has 4 aliphatic carbocycles. The first-order valence-corrected chi connectivity index (χ1v) is 11.8. The molecule has 0 N–H and O–H groups in total. The third-order valence-corrected chi connectivity index (χ3v) is 8.08. The lowest BCUT2D eigenvalue weighted by atomic mass is 9.35. The first-order valence-electron chi connectivity index (χ1n) is 11.8. The van der Waals surface area contributed by atoms with Crippen LogP contribution in [0.4, 0.5) is 0 Å². The van der Waals surface area contributed by atoms with Gasteiger partial charge in [0.15, 0.2) is 0 Å².